The summed E-state index contributed by atoms with van der Waals surface area (Å²) in [5, 5.41) is 0. The monoisotopic (exact) mass is 336 g/mol. The number of nitrogens with one attached hydrogen (secondary N) is 1. The molecule has 1 aromatic carbocycles. The number of ether oxygens (including phenoxy) is 1. The van der Waals surface area contributed by atoms with E-state index < -0.39 is 16.2 Å². The first-order valence-electron chi connectivity index (χ1n) is 7.28. The van der Waals surface area contributed by atoms with Crippen molar-refractivity contribution in [2.75, 3.05) is 0 Å². The molecule has 0 bridgehead atoms. The molecule has 0 spiro atoms. The summed E-state index contributed by atoms with van der Waals surface area (Å²) in [6, 6.07) is 7.36. The summed E-state index contributed by atoms with van der Waals surface area (Å²) in [5.41, 5.74) is 2.30. The van der Waals surface area contributed by atoms with Gasteiger partial charge < -0.3 is 4.74 Å². The Morgan fingerprint density at radius 1 is 1.30 bits per heavy atom. The van der Waals surface area contributed by atoms with Crippen LogP contribution in [0.5, 0.6) is 5.75 Å². The van der Waals surface area contributed by atoms with E-state index in [-0.39, 0.29) is 6.42 Å². The van der Waals surface area contributed by atoms with Crippen molar-refractivity contribution in [2.24, 2.45) is 4.40 Å². The number of hydrogen-bond donors (Lipinski definition) is 1. The molecular weight excluding hydrogens is 316 g/mol. The van der Waals surface area contributed by atoms with Gasteiger partial charge in [-0.15, -0.1) is 4.40 Å². The van der Waals surface area contributed by atoms with Crippen LogP contribution >= 0.6 is 0 Å². The summed E-state index contributed by atoms with van der Waals surface area (Å²) < 4.78 is 34.1. The lowest BCUT2D eigenvalue weighted by Gasteiger charge is -2.17. The van der Waals surface area contributed by atoms with Crippen LogP contribution in [0.4, 0.5) is 0 Å². The number of benzene rings is 1. The number of nitrogens with zero attached hydrogens (tertiary/aromatic N) is 1. The van der Waals surface area contributed by atoms with Crippen molar-refractivity contribution in [3.05, 3.63) is 41.1 Å². The largest absolute Gasteiger partial charge is 0.426 e. The standard InChI is InChI=1S/C16H20N2O4S/c1-10(2)13-6-5-7-14(8-13)22-16(19)9-15-11(3)17-23(20,21)18-12(15)4/h5-8,10,17H,9H2,1-4H3. The summed E-state index contributed by atoms with van der Waals surface area (Å²) in [6.07, 6.45) is -0.0460. The molecule has 7 heteroatoms. The third kappa shape index (κ3) is 4.41. The Bertz CT molecular complexity index is 792. The second-order valence-corrected chi connectivity index (χ2v) is 7.07. The van der Waals surface area contributed by atoms with Gasteiger partial charge in [0.2, 0.25) is 0 Å². The van der Waals surface area contributed by atoms with Gasteiger partial charge in [0, 0.05) is 11.3 Å². The summed E-state index contributed by atoms with van der Waals surface area (Å²) in [5.74, 6) is 0.349. The Kier molecular flexibility index (Phi) is 4.89. The van der Waals surface area contributed by atoms with E-state index in [2.05, 4.69) is 23.0 Å². The smallest absolute Gasteiger partial charge is 0.342 e. The van der Waals surface area contributed by atoms with Gasteiger partial charge in [-0.05, 0) is 37.5 Å². The highest BCUT2D eigenvalue weighted by Gasteiger charge is 2.22. The van der Waals surface area contributed by atoms with Crippen molar-refractivity contribution in [1.82, 2.24) is 4.72 Å². The Balaban J connectivity index is 2.11. The lowest BCUT2D eigenvalue weighted by atomic mass is 10.0. The number of allylic oxidation sites excluding steroid dienone is 1. The molecule has 0 amide bonds. The van der Waals surface area contributed by atoms with E-state index in [1.54, 1.807) is 19.9 Å². The van der Waals surface area contributed by atoms with Gasteiger partial charge in [-0.2, -0.15) is 8.42 Å². The molecule has 1 N–H and O–H groups in total. The predicted octanol–water partition coefficient (Wildman–Crippen LogP) is 2.69. The fraction of sp³-hybridized carbons (Fsp3) is 0.375. The highest BCUT2D eigenvalue weighted by atomic mass is 32.2. The lowest BCUT2D eigenvalue weighted by Crippen LogP contribution is -2.29. The number of rotatable bonds is 4. The zero-order chi connectivity index (χ0) is 17.2. The summed E-state index contributed by atoms with van der Waals surface area (Å²) in [4.78, 5) is 12.1. The van der Waals surface area contributed by atoms with Gasteiger partial charge in [-0.25, -0.2) is 0 Å². The van der Waals surface area contributed by atoms with E-state index >= 15 is 0 Å². The Labute approximate surface area is 136 Å². The molecule has 0 radical (unpaired) electrons. The van der Waals surface area contributed by atoms with Crippen LogP contribution in [0.25, 0.3) is 0 Å². The fourth-order valence-corrected chi connectivity index (χ4v) is 3.32. The highest BCUT2D eigenvalue weighted by Crippen LogP contribution is 2.22. The number of carbonyl (C=O) groups excluding carboxylic acids is 1. The van der Waals surface area contributed by atoms with E-state index in [1.165, 1.54) is 0 Å². The van der Waals surface area contributed by atoms with Crippen LogP contribution < -0.4 is 9.46 Å². The molecule has 0 fully saturated rings. The van der Waals surface area contributed by atoms with Crippen LogP contribution in [-0.2, 0) is 15.0 Å². The minimum atomic E-state index is -3.70. The second-order valence-electron chi connectivity index (χ2n) is 5.74. The van der Waals surface area contributed by atoms with Crippen LogP contribution in [0.3, 0.4) is 0 Å². The van der Waals surface area contributed by atoms with Gasteiger partial charge in [0.15, 0.2) is 0 Å². The molecule has 1 aliphatic rings. The number of esters is 1. The fourth-order valence-electron chi connectivity index (χ4n) is 2.29. The van der Waals surface area contributed by atoms with Crippen LogP contribution in [0.1, 0.15) is 45.6 Å². The topological polar surface area (TPSA) is 84.8 Å². The predicted molar refractivity (Wildman–Crippen MR) is 88.6 cm³/mol. The number of hydrogen-bond acceptors (Lipinski definition) is 4. The molecule has 2 rings (SSSR count). The zero-order valence-corrected chi connectivity index (χ0v) is 14.4. The van der Waals surface area contributed by atoms with Gasteiger partial charge in [-0.3, -0.25) is 9.52 Å². The third-order valence-corrected chi connectivity index (χ3v) is 4.58. The van der Waals surface area contributed by atoms with E-state index in [4.69, 9.17) is 4.74 Å². The van der Waals surface area contributed by atoms with Gasteiger partial charge in [0.25, 0.3) is 0 Å². The SMILES string of the molecule is CC1=NS(=O)(=O)NC(C)=C1CC(=O)Oc1cccc(C(C)C)c1. The summed E-state index contributed by atoms with van der Waals surface area (Å²) >= 11 is 0. The zero-order valence-electron chi connectivity index (χ0n) is 13.6. The third-order valence-electron chi connectivity index (χ3n) is 3.51. The van der Waals surface area contributed by atoms with Crippen molar-refractivity contribution in [2.45, 2.75) is 40.0 Å². The number of carbonyl (C=O) groups is 1. The first-order valence-corrected chi connectivity index (χ1v) is 8.72. The maximum absolute atomic E-state index is 12.1. The molecule has 0 saturated heterocycles. The summed E-state index contributed by atoms with van der Waals surface area (Å²) in [7, 11) is -3.70. The Morgan fingerprint density at radius 3 is 2.61 bits per heavy atom. The molecule has 0 aliphatic carbocycles. The van der Waals surface area contributed by atoms with E-state index in [9.17, 15) is 13.2 Å². The van der Waals surface area contributed by atoms with Crippen LogP contribution in [0.2, 0.25) is 0 Å². The van der Waals surface area contributed by atoms with E-state index in [1.807, 2.05) is 18.2 Å². The molecule has 0 unspecified atom stereocenters. The Morgan fingerprint density at radius 2 is 2.00 bits per heavy atom. The van der Waals surface area contributed by atoms with Gasteiger partial charge >= 0.3 is 16.2 Å². The molecule has 124 valence electrons. The van der Waals surface area contributed by atoms with Crippen molar-refractivity contribution in [3.8, 4) is 5.75 Å². The molecule has 0 saturated carbocycles. The first kappa shape index (κ1) is 17.2. The average molecular weight is 336 g/mol. The molecular formula is C16H20N2O4S. The second kappa shape index (κ2) is 6.54. The quantitative estimate of drug-likeness (QED) is 0.677. The van der Waals surface area contributed by atoms with Gasteiger partial charge in [0.1, 0.15) is 5.75 Å². The maximum atomic E-state index is 12.1. The molecule has 0 aromatic heterocycles. The van der Waals surface area contributed by atoms with Crippen LogP contribution in [0, 0.1) is 0 Å². The minimum Gasteiger partial charge on any atom is -0.426 e. The molecule has 6 nitrogen and oxygen atoms in total. The van der Waals surface area contributed by atoms with Gasteiger partial charge in [0.05, 0.1) is 12.1 Å². The van der Waals surface area contributed by atoms with E-state index in [0.29, 0.717) is 28.6 Å². The van der Waals surface area contributed by atoms with Crippen LogP contribution in [0.15, 0.2) is 39.9 Å². The van der Waals surface area contributed by atoms with Crippen molar-refractivity contribution in [1.29, 1.82) is 0 Å². The molecule has 1 heterocycles. The molecule has 23 heavy (non-hydrogen) atoms. The molecule has 0 atom stereocenters. The molecule has 1 aliphatic heterocycles. The van der Waals surface area contributed by atoms with Crippen LogP contribution in [-0.4, -0.2) is 20.1 Å². The first-order chi connectivity index (χ1) is 10.7. The van der Waals surface area contributed by atoms with Crippen molar-refractivity contribution >= 4 is 21.9 Å². The minimum absolute atomic E-state index is 0.0460. The Hall–Kier alpha value is -2.15. The maximum Gasteiger partial charge on any atom is 0.342 e. The summed E-state index contributed by atoms with van der Waals surface area (Å²) in [6.45, 7) is 7.27. The average Bonchev–Trinajstić information content (AvgIpc) is 2.42. The normalized spacial score (nSPS) is 16.8. The van der Waals surface area contributed by atoms with E-state index in [0.717, 1.165) is 5.56 Å². The van der Waals surface area contributed by atoms with Crippen molar-refractivity contribution in [3.63, 3.8) is 0 Å². The van der Waals surface area contributed by atoms with Crippen molar-refractivity contribution < 1.29 is 17.9 Å². The highest BCUT2D eigenvalue weighted by molar-refractivity contribution is 7.88. The van der Waals surface area contributed by atoms with Gasteiger partial charge in [-0.1, -0.05) is 26.0 Å². The lowest BCUT2D eigenvalue weighted by molar-refractivity contribution is -0.133. The molecule has 1 aromatic rings.